The Morgan fingerprint density at radius 3 is 1.48 bits per heavy atom. The van der Waals surface area contributed by atoms with Crippen molar-refractivity contribution < 1.29 is 0 Å². The third kappa shape index (κ3) is 3.83. The Morgan fingerprint density at radius 2 is 1.03 bits per heavy atom. The van der Waals surface area contributed by atoms with Gasteiger partial charge in [0.25, 0.3) is 0 Å². The van der Waals surface area contributed by atoms with Gasteiger partial charge in [0.2, 0.25) is 0 Å². The predicted octanol–water partition coefficient (Wildman–Crippen LogP) is 8.45. The topological polar surface area (TPSA) is 4.93 Å². The fraction of sp³-hybridized carbons (Fsp3) is 0.188. The highest BCUT2D eigenvalue weighted by molar-refractivity contribution is 6.08. The summed E-state index contributed by atoms with van der Waals surface area (Å²) in [6.45, 7) is 9.23. The van der Waals surface area contributed by atoms with Crippen molar-refractivity contribution in [3.05, 3.63) is 108 Å². The summed E-state index contributed by atoms with van der Waals surface area (Å²) in [6.07, 6.45) is 5.43. The van der Waals surface area contributed by atoms with E-state index in [2.05, 4.69) is 109 Å². The van der Waals surface area contributed by atoms with Crippen molar-refractivity contribution in [2.45, 2.75) is 39.7 Å². The third-order valence-electron chi connectivity index (χ3n) is 6.42. The molecule has 0 spiro atoms. The molecule has 0 saturated carbocycles. The van der Waals surface area contributed by atoms with Gasteiger partial charge >= 0.3 is 0 Å². The zero-order valence-corrected chi connectivity index (χ0v) is 20.0. The van der Waals surface area contributed by atoms with Crippen LogP contribution in [-0.2, 0) is 12.0 Å². The van der Waals surface area contributed by atoms with E-state index in [0.29, 0.717) is 6.54 Å². The van der Waals surface area contributed by atoms with Gasteiger partial charge < -0.3 is 4.57 Å². The van der Waals surface area contributed by atoms with Crippen LogP contribution in [0.2, 0.25) is 0 Å². The highest BCUT2D eigenvalue weighted by Crippen LogP contribution is 2.47. The quantitative estimate of drug-likeness (QED) is 0.236. The van der Waals surface area contributed by atoms with Gasteiger partial charge in [-0.1, -0.05) is 119 Å². The number of benzene rings is 4. The number of terminal acetylenes is 1. The molecule has 1 aliphatic carbocycles. The van der Waals surface area contributed by atoms with Gasteiger partial charge in [-0.2, -0.15) is 0 Å². The van der Waals surface area contributed by atoms with Crippen LogP contribution >= 0.6 is 0 Å². The number of para-hydroxylation sites is 2. The third-order valence-corrected chi connectivity index (χ3v) is 6.42. The summed E-state index contributed by atoms with van der Waals surface area (Å²) < 4.78 is 2.19. The first-order valence-corrected chi connectivity index (χ1v) is 11.7. The summed E-state index contributed by atoms with van der Waals surface area (Å²) in [5, 5.41) is 2.54. The minimum absolute atomic E-state index is 0.160. The first-order valence-electron chi connectivity index (χ1n) is 11.7. The van der Waals surface area contributed by atoms with Crippen LogP contribution in [0.25, 0.3) is 32.9 Å². The highest BCUT2D eigenvalue weighted by Gasteiger charge is 2.34. The van der Waals surface area contributed by atoms with Gasteiger partial charge in [0, 0.05) is 27.2 Å². The van der Waals surface area contributed by atoms with E-state index in [1.165, 1.54) is 44.1 Å². The Balaban J connectivity index is 0.000000147. The van der Waals surface area contributed by atoms with Gasteiger partial charge in [-0.3, -0.25) is 0 Å². The number of hydrogen-bond acceptors (Lipinski definition) is 0. The van der Waals surface area contributed by atoms with Crippen molar-refractivity contribution in [2.24, 2.45) is 0 Å². The molecule has 0 amide bonds. The standard InChI is InChI=1S/C15H11N.C15H14.C2H6/c1-2-11-16-14-9-5-3-7-12(14)13-8-4-6-10-15(13)16;1-15(2)13-9-5-3-7-11(13)12-8-4-6-10-14(12)15;1-2/h1,3-10H,11H2;3-10H,1-2H3;1-2H3. The zero-order chi connectivity index (χ0) is 23.4. The van der Waals surface area contributed by atoms with Crippen molar-refractivity contribution >= 4 is 21.8 Å². The maximum absolute atomic E-state index is 5.43. The van der Waals surface area contributed by atoms with Crippen molar-refractivity contribution in [1.82, 2.24) is 4.57 Å². The van der Waals surface area contributed by atoms with E-state index in [9.17, 15) is 0 Å². The maximum Gasteiger partial charge on any atom is 0.0841 e. The maximum atomic E-state index is 5.43. The van der Waals surface area contributed by atoms with Crippen LogP contribution in [0.1, 0.15) is 38.8 Å². The Morgan fingerprint density at radius 1 is 0.636 bits per heavy atom. The van der Waals surface area contributed by atoms with Crippen LogP contribution < -0.4 is 0 Å². The fourth-order valence-electron chi connectivity index (χ4n) is 4.94. The smallest absolute Gasteiger partial charge is 0.0841 e. The molecule has 0 saturated heterocycles. The zero-order valence-electron chi connectivity index (χ0n) is 20.0. The molecule has 6 rings (SSSR count). The van der Waals surface area contributed by atoms with E-state index in [4.69, 9.17) is 6.42 Å². The van der Waals surface area contributed by atoms with Crippen LogP contribution in [0.3, 0.4) is 0 Å². The largest absolute Gasteiger partial charge is 0.329 e. The van der Waals surface area contributed by atoms with Crippen molar-refractivity contribution in [3.8, 4) is 23.5 Å². The molecule has 4 aromatic carbocycles. The van der Waals surface area contributed by atoms with Crippen LogP contribution in [-0.4, -0.2) is 4.57 Å². The van der Waals surface area contributed by atoms with Crippen LogP contribution in [0, 0.1) is 12.3 Å². The van der Waals surface area contributed by atoms with Crippen LogP contribution in [0.15, 0.2) is 97.1 Å². The molecule has 0 N–H and O–H groups in total. The normalized spacial score (nSPS) is 12.6. The molecule has 0 atom stereocenters. The predicted molar refractivity (Wildman–Crippen MR) is 144 cm³/mol. The van der Waals surface area contributed by atoms with Crippen molar-refractivity contribution in [2.75, 3.05) is 0 Å². The first kappa shape index (κ1) is 22.4. The molecule has 1 heteroatoms. The SMILES string of the molecule is C#CCn1c2ccccc2c2ccccc21.CC.CC1(C)c2ccccc2-c2ccccc21. The van der Waals surface area contributed by atoms with Crippen LogP contribution in [0.4, 0.5) is 0 Å². The van der Waals surface area contributed by atoms with Gasteiger partial charge in [0.15, 0.2) is 0 Å². The van der Waals surface area contributed by atoms with Gasteiger partial charge in [0.05, 0.1) is 6.54 Å². The molecule has 0 unspecified atom stereocenters. The molecule has 1 aromatic heterocycles. The molecule has 1 heterocycles. The fourth-order valence-corrected chi connectivity index (χ4v) is 4.94. The summed E-state index contributed by atoms with van der Waals surface area (Å²) >= 11 is 0. The van der Waals surface area contributed by atoms with E-state index < -0.39 is 0 Å². The molecule has 33 heavy (non-hydrogen) atoms. The van der Waals surface area contributed by atoms with Crippen molar-refractivity contribution in [3.63, 3.8) is 0 Å². The summed E-state index contributed by atoms with van der Waals surface area (Å²) in [4.78, 5) is 0. The van der Waals surface area contributed by atoms with Crippen LogP contribution in [0.5, 0.6) is 0 Å². The monoisotopic (exact) mass is 429 g/mol. The lowest BCUT2D eigenvalue weighted by atomic mass is 9.82. The Bertz CT molecular complexity index is 1340. The summed E-state index contributed by atoms with van der Waals surface area (Å²) in [5.74, 6) is 2.72. The number of aromatic nitrogens is 1. The lowest BCUT2D eigenvalue weighted by Gasteiger charge is -2.20. The summed E-state index contributed by atoms with van der Waals surface area (Å²) in [6, 6.07) is 34.2. The van der Waals surface area contributed by atoms with E-state index >= 15 is 0 Å². The van der Waals surface area contributed by atoms with E-state index in [1.54, 1.807) is 0 Å². The Kier molecular flexibility index (Phi) is 6.38. The first-order chi connectivity index (χ1) is 16.1. The van der Waals surface area contributed by atoms with E-state index in [-0.39, 0.29) is 5.41 Å². The summed E-state index contributed by atoms with van der Waals surface area (Å²) in [5.41, 5.74) is 8.28. The van der Waals surface area contributed by atoms with E-state index in [0.717, 1.165) is 0 Å². The Hall–Kier alpha value is -3.76. The number of fused-ring (bicyclic) bond motifs is 6. The molecule has 164 valence electrons. The molecular formula is C32H31N. The molecule has 0 radical (unpaired) electrons. The number of rotatable bonds is 1. The number of nitrogens with zero attached hydrogens (tertiary/aromatic N) is 1. The van der Waals surface area contributed by atoms with E-state index in [1.807, 2.05) is 26.0 Å². The Labute approximate surface area is 197 Å². The molecular weight excluding hydrogens is 398 g/mol. The average molecular weight is 430 g/mol. The second-order valence-electron chi connectivity index (χ2n) is 8.54. The highest BCUT2D eigenvalue weighted by atomic mass is 15.0. The number of hydrogen-bond donors (Lipinski definition) is 0. The summed E-state index contributed by atoms with van der Waals surface area (Å²) in [7, 11) is 0. The van der Waals surface area contributed by atoms with Gasteiger partial charge in [0.1, 0.15) is 0 Å². The second kappa shape index (κ2) is 9.39. The lowest BCUT2D eigenvalue weighted by molar-refractivity contribution is 0.660. The van der Waals surface area contributed by atoms with Gasteiger partial charge in [-0.05, 0) is 34.4 Å². The second-order valence-corrected chi connectivity index (χ2v) is 8.54. The molecule has 5 aromatic rings. The van der Waals surface area contributed by atoms with Gasteiger partial charge in [-0.25, -0.2) is 0 Å². The minimum Gasteiger partial charge on any atom is -0.329 e. The van der Waals surface area contributed by atoms with Gasteiger partial charge in [-0.15, -0.1) is 6.42 Å². The van der Waals surface area contributed by atoms with Crippen molar-refractivity contribution in [1.29, 1.82) is 0 Å². The molecule has 0 aliphatic heterocycles. The molecule has 1 aliphatic rings. The minimum atomic E-state index is 0.160. The molecule has 1 nitrogen and oxygen atoms in total. The lowest BCUT2D eigenvalue weighted by Crippen LogP contribution is -2.14. The molecule has 0 fully saturated rings. The average Bonchev–Trinajstić information content (AvgIpc) is 3.31. The molecule has 0 bridgehead atoms.